The first kappa shape index (κ1) is 14.5. The maximum atomic E-state index is 10.9. The molecule has 0 bridgehead atoms. The Morgan fingerprint density at radius 1 is 1.43 bits per heavy atom. The first-order valence-corrected chi connectivity index (χ1v) is 5.09. The Kier molecular flexibility index (Phi) is 5.75. The fourth-order valence-corrected chi connectivity index (χ4v) is 1.81. The topological polar surface area (TPSA) is 54.4 Å². The molecule has 3 nitrogen and oxygen atoms in total. The first-order chi connectivity index (χ1) is 5.93. The molecule has 0 radical (unpaired) electrons. The molecule has 0 aliphatic rings. The number of rotatable bonds is 2. The van der Waals surface area contributed by atoms with E-state index in [-0.39, 0.29) is 57.7 Å². The van der Waals surface area contributed by atoms with Gasteiger partial charge in [0.05, 0.1) is 0 Å². The summed E-state index contributed by atoms with van der Waals surface area (Å²) >= 11 is 0. The minimum absolute atomic E-state index is 0. The van der Waals surface area contributed by atoms with Crippen molar-refractivity contribution in [2.45, 2.75) is 11.8 Å². The Hall–Kier alpha value is 0.506. The van der Waals surface area contributed by atoms with E-state index < -0.39 is 10.1 Å². The first-order valence-electron chi connectivity index (χ1n) is 3.65. The van der Waals surface area contributed by atoms with Gasteiger partial charge in [-0.15, -0.1) is 0 Å². The van der Waals surface area contributed by atoms with Crippen molar-refractivity contribution in [3.63, 3.8) is 0 Å². The van der Waals surface area contributed by atoms with Crippen LogP contribution in [0.15, 0.2) is 35.7 Å². The number of hydrogen-bond donors (Lipinski definition) is 1. The molecule has 1 aromatic rings. The van der Waals surface area contributed by atoms with Crippen molar-refractivity contribution >= 4 is 15.7 Å². The van der Waals surface area contributed by atoms with Gasteiger partial charge in [0.2, 0.25) is 0 Å². The minimum atomic E-state index is -4.14. The zero-order chi connectivity index (χ0) is 10.1. The summed E-state index contributed by atoms with van der Waals surface area (Å²) in [6.45, 7) is 5.31. The molecule has 1 rings (SSSR count). The second-order valence-electron chi connectivity index (χ2n) is 2.75. The van der Waals surface area contributed by atoms with Crippen LogP contribution in [0.2, 0.25) is 0 Å². The van der Waals surface area contributed by atoms with Crippen molar-refractivity contribution in [2.24, 2.45) is 0 Å². The van der Waals surface area contributed by atoms with Gasteiger partial charge in [-0.1, -0.05) is 24.8 Å². The van der Waals surface area contributed by atoms with E-state index in [2.05, 4.69) is 6.58 Å². The largest absolute Gasteiger partial charge is 1.00 e. The van der Waals surface area contributed by atoms with Crippen molar-refractivity contribution in [1.29, 1.82) is 0 Å². The third kappa shape index (κ3) is 3.58. The Morgan fingerprint density at radius 2 is 1.93 bits per heavy atom. The summed E-state index contributed by atoms with van der Waals surface area (Å²) in [5.74, 6) is 0. The summed E-state index contributed by atoms with van der Waals surface area (Å²) in [6.07, 6.45) is 0. The second-order valence-corrected chi connectivity index (χ2v) is 4.14. The molecule has 0 heterocycles. The van der Waals surface area contributed by atoms with Crippen LogP contribution in [0.1, 0.15) is 13.9 Å². The van der Waals surface area contributed by atoms with Gasteiger partial charge in [-0.25, -0.2) is 0 Å². The van der Waals surface area contributed by atoms with Gasteiger partial charge < -0.3 is 1.43 Å². The zero-order valence-corrected chi connectivity index (χ0v) is 12.1. The van der Waals surface area contributed by atoms with Gasteiger partial charge in [0.1, 0.15) is 4.90 Å². The molecule has 1 aromatic carbocycles. The normalized spacial score (nSPS) is 10.4. The van der Waals surface area contributed by atoms with Crippen molar-refractivity contribution < 1.29 is 65.8 Å². The predicted octanol–water partition coefficient (Wildman–Crippen LogP) is -0.917. The third-order valence-electron chi connectivity index (χ3n) is 1.62. The van der Waals surface area contributed by atoms with Crippen molar-refractivity contribution in [2.75, 3.05) is 0 Å². The van der Waals surface area contributed by atoms with Gasteiger partial charge in [0.25, 0.3) is 10.1 Å². The Bertz CT molecular complexity index is 442. The van der Waals surface area contributed by atoms with Crippen LogP contribution in [0, 0.1) is 0 Å². The number of hydrogen-bond acceptors (Lipinski definition) is 2. The maximum Gasteiger partial charge on any atom is 1.00 e. The molecule has 5 heteroatoms. The zero-order valence-electron chi connectivity index (χ0n) is 9.19. The Balaban J connectivity index is 0. The smallest absolute Gasteiger partial charge is 1.00 e. The van der Waals surface area contributed by atoms with Crippen molar-refractivity contribution in [3.8, 4) is 0 Å². The van der Waals surface area contributed by atoms with E-state index in [1.165, 1.54) is 6.07 Å². The molecular formula is C9H11KO3S. The molecule has 0 saturated heterocycles. The third-order valence-corrected chi connectivity index (χ3v) is 2.54. The average Bonchev–Trinajstić information content (AvgIpc) is 2.03. The number of benzene rings is 1. The van der Waals surface area contributed by atoms with Crippen LogP contribution in [0.3, 0.4) is 0 Å². The standard InChI is InChI=1S/C9H10O3S.K.H/c1-7(2)8-5-3-4-6-9(8)13(10,11)12;;/h3-6H,1H2,2H3,(H,10,11,12);;/q;+1;-1. The minimum Gasteiger partial charge on any atom is -1.00 e. The molecule has 72 valence electrons. The van der Waals surface area contributed by atoms with Crippen LogP contribution in [0.5, 0.6) is 0 Å². The molecule has 1 N–H and O–H groups in total. The van der Waals surface area contributed by atoms with Gasteiger partial charge in [-0.05, 0) is 24.1 Å². The van der Waals surface area contributed by atoms with E-state index in [4.69, 9.17) is 4.55 Å². The summed E-state index contributed by atoms with van der Waals surface area (Å²) in [4.78, 5) is -0.0949. The Labute approximate surface area is 128 Å². The van der Waals surface area contributed by atoms with Crippen LogP contribution < -0.4 is 51.4 Å². The van der Waals surface area contributed by atoms with E-state index in [9.17, 15) is 8.42 Å². The van der Waals surface area contributed by atoms with Gasteiger partial charge in [-0.2, -0.15) is 8.42 Å². The van der Waals surface area contributed by atoms with Gasteiger partial charge in [0, 0.05) is 0 Å². The molecule has 0 amide bonds. The van der Waals surface area contributed by atoms with Crippen LogP contribution in [-0.2, 0) is 10.1 Å². The SMILES string of the molecule is C=C(C)c1ccccc1S(=O)(=O)O.[H-].[K+]. The summed E-state index contributed by atoms with van der Waals surface area (Å²) in [5, 5.41) is 0. The molecule has 0 spiro atoms. The van der Waals surface area contributed by atoms with Crippen LogP contribution in [-0.4, -0.2) is 13.0 Å². The monoisotopic (exact) mass is 238 g/mol. The van der Waals surface area contributed by atoms with Gasteiger partial charge in [0.15, 0.2) is 0 Å². The van der Waals surface area contributed by atoms with Crippen LogP contribution in [0.4, 0.5) is 0 Å². The molecule has 0 unspecified atom stereocenters. The van der Waals surface area contributed by atoms with Gasteiger partial charge in [-0.3, -0.25) is 4.55 Å². The summed E-state index contributed by atoms with van der Waals surface area (Å²) in [6, 6.07) is 6.19. The Morgan fingerprint density at radius 3 is 2.29 bits per heavy atom. The summed E-state index contributed by atoms with van der Waals surface area (Å²) in [7, 11) is -4.14. The predicted molar refractivity (Wildman–Crippen MR) is 52.1 cm³/mol. The van der Waals surface area contributed by atoms with E-state index in [1.54, 1.807) is 25.1 Å². The van der Waals surface area contributed by atoms with Crippen LogP contribution >= 0.6 is 0 Å². The van der Waals surface area contributed by atoms with Crippen LogP contribution in [0.25, 0.3) is 5.57 Å². The van der Waals surface area contributed by atoms with E-state index in [0.29, 0.717) is 11.1 Å². The molecule has 14 heavy (non-hydrogen) atoms. The molecule has 0 aliphatic heterocycles. The molecule has 0 aromatic heterocycles. The van der Waals surface area contributed by atoms with E-state index in [1.807, 2.05) is 0 Å². The summed E-state index contributed by atoms with van der Waals surface area (Å²) in [5.41, 5.74) is 1.05. The molecule has 0 aliphatic carbocycles. The van der Waals surface area contributed by atoms with E-state index >= 15 is 0 Å². The summed E-state index contributed by atoms with van der Waals surface area (Å²) < 4.78 is 30.6. The van der Waals surface area contributed by atoms with Crippen molar-refractivity contribution in [1.82, 2.24) is 0 Å². The maximum absolute atomic E-state index is 10.9. The quantitative estimate of drug-likeness (QED) is 0.536. The average molecular weight is 238 g/mol. The molecule has 0 fully saturated rings. The fourth-order valence-electron chi connectivity index (χ4n) is 1.04. The molecule has 0 saturated carbocycles. The molecular weight excluding hydrogens is 227 g/mol. The second kappa shape index (κ2) is 5.55. The van der Waals surface area contributed by atoms with E-state index in [0.717, 1.165) is 0 Å². The molecule has 0 atom stereocenters. The number of allylic oxidation sites excluding steroid dienone is 1. The van der Waals surface area contributed by atoms with Gasteiger partial charge >= 0.3 is 51.4 Å². The fraction of sp³-hybridized carbons (Fsp3) is 0.111. The van der Waals surface area contributed by atoms with Crippen molar-refractivity contribution in [3.05, 3.63) is 36.4 Å².